The molecule has 1 saturated heterocycles. The molecular formula is C15H21BrN2O. The largest absolute Gasteiger partial charge is 0.342 e. The topological polar surface area (TPSA) is 32.3 Å². The third-order valence-corrected chi connectivity index (χ3v) is 4.11. The average molecular weight is 325 g/mol. The van der Waals surface area contributed by atoms with Gasteiger partial charge in [0.05, 0.1) is 6.54 Å². The predicted molar refractivity (Wildman–Crippen MR) is 81.0 cm³/mol. The summed E-state index contributed by atoms with van der Waals surface area (Å²) in [5.74, 6) is 0.224. The maximum Gasteiger partial charge on any atom is 0.236 e. The Morgan fingerprint density at radius 2 is 2.11 bits per heavy atom. The van der Waals surface area contributed by atoms with Gasteiger partial charge in [-0.15, -0.1) is 0 Å². The van der Waals surface area contributed by atoms with Crippen LogP contribution in [0.2, 0.25) is 0 Å². The normalized spacial score (nSPS) is 17.3. The Kier molecular flexibility index (Phi) is 5.40. The first-order chi connectivity index (χ1) is 9.16. The molecule has 1 aliphatic heterocycles. The monoisotopic (exact) mass is 324 g/mol. The second-order valence-corrected chi connectivity index (χ2v) is 6.01. The van der Waals surface area contributed by atoms with Crippen molar-refractivity contribution in [2.45, 2.75) is 32.2 Å². The van der Waals surface area contributed by atoms with Gasteiger partial charge in [-0.3, -0.25) is 4.79 Å². The number of hydrogen-bond acceptors (Lipinski definition) is 2. The summed E-state index contributed by atoms with van der Waals surface area (Å²) < 4.78 is 1.07. The predicted octanol–water partition coefficient (Wildman–Crippen LogP) is 3.11. The van der Waals surface area contributed by atoms with Crippen LogP contribution in [-0.4, -0.2) is 30.4 Å². The zero-order valence-electron chi connectivity index (χ0n) is 11.4. The molecule has 1 amide bonds. The molecule has 1 fully saturated rings. The number of halogens is 1. The van der Waals surface area contributed by atoms with Crippen LogP contribution < -0.4 is 5.32 Å². The standard InChI is InChI=1S/C15H21BrN2O/c1-12(13-6-5-7-14(16)10-13)17-11-15(19)18-8-3-2-4-9-18/h5-7,10,12,17H,2-4,8-9,11H2,1H3. The maximum absolute atomic E-state index is 12.1. The Balaban J connectivity index is 1.82. The zero-order chi connectivity index (χ0) is 13.7. The molecule has 0 aromatic heterocycles. The summed E-state index contributed by atoms with van der Waals surface area (Å²) >= 11 is 3.47. The van der Waals surface area contributed by atoms with Crippen LogP contribution in [0.1, 0.15) is 37.8 Å². The van der Waals surface area contributed by atoms with Crippen LogP contribution in [0.15, 0.2) is 28.7 Å². The molecule has 0 spiro atoms. The minimum Gasteiger partial charge on any atom is -0.342 e. The lowest BCUT2D eigenvalue weighted by Gasteiger charge is -2.27. The van der Waals surface area contributed by atoms with Gasteiger partial charge in [-0.2, -0.15) is 0 Å². The minimum atomic E-state index is 0.186. The fourth-order valence-electron chi connectivity index (χ4n) is 2.39. The number of hydrogen-bond donors (Lipinski definition) is 1. The molecule has 1 aromatic carbocycles. The summed E-state index contributed by atoms with van der Waals surface area (Å²) in [6, 6.07) is 8.38. The molecule has 1 aliphatic rings. The van der Waals surface area contributed by atoms with E-state index >= 15 is 0 Å². The Labute approximate surface area is 123 Å². The number of nitrogens with zero attached hydrogens (tertiary/aromatic N) is 1. The molecule has 0 radical (unpaired) electrons. The van der Waals surface area contributed by atoms with Crippen LogP contribution in [0.25, 0.3) is 0 Å². The Morgan fingerprint density at radius 3 is 2.79 bits per heavy atom. The van der Waals surface area contributed by atoms with E-state index in [-0.39, 0.29) is 11.9 Å². The van der Waals surface area contributed by atoms with Crippen molar-refractivity contribution < 1.29 is 4.79 Å². The number of likely N-dealkylation sites (tertiary alicyclic amines) is 1. The third-order valence-electron chi connectivity index (χ3n) is 3.62. The molecule has 3 nitrogen and oxygen atoms in total. The molecule has 1 atom stereocenters. The number of nitrogens with one attached hydrogen (secondary N) is 1. The van der Waals surface area contributed by atoms with Crippen molar-refractivity contribution >= 4 is 21.8 Å². The molecule has 2 rings (SSSR count). The number of carbonyl (C=O) groups is 1. The van der Waals surface area contributed by atoms with E-state index in [1.54, 1.807) is 0 Å². The average Bonchev–Trinajstić information content (AvgIpc) is 2.45. The highest BCUT2D eigenvalue weighted by molar-refractivity contribution is 9.10. The molecule has 104 valence electrons. The summed E-state index contributed by atoms with van der Waals surface area (Å²) in [5, 5.41) is 3.31. The molecule has 1 heterocycles. The lowest BCUT2D eigenvalue weighted by Crippen LogP contribution is -2.41. The van der Waals surface area contributed by atoms with Gasteiger partial charge in [0.1, 0.15) is 0 Å². The number of piperidine rings is 1. The summed E-state index contributed by atoms with van der Waals surface area (Å²) in [7, 11) is 0. The highest BCUT2D eigenvalue weighted by Gasteiger charge is 2.16. The van der Waals surface area contributed by atoms with E-state index in [0.29, 0.717) is 6.54 Å². The molecule has 4 heteroatoms. The number of benzene rings is 1. The van der Waals surface area contributed by atoms with Crippen molar-refractivity contribution in [2.24, 2.45) is 0 Å². The van der Waals surface area contributed by atoms with Crippen molar-refractivity contribution in [3.05, 3.63) is 34.3 Å². The van der Waals surface area contributed by atoms with Gasteiger partial charge in [0.25, 0.3) is 0 Å². The molecule has 0 bridgehead atoms. The van der Waals surface area contributed by atoms with Gasteiger partial charge in [-0.25, -0.2) is 0 Å². The molecule has 19 heavy (non-hydrogen) atoms. The van der Waals surface area contributed by atoms with Gasteiger partial charge in [-0.05, 0) is 43.9 Å². The Bertz CT molecular complexity index is 430. The van der Waals surface area contributed by atoms with Crippen LogP contribution >= 0.6 is 15.9 Å². The molecule has 0 aliphatic carbocycles. The van der Waals surface area contributed by atoms with Crippen molar-refractivity contribution in [3.63, 3.8) is 0 Å². The first kappa shape index (κ1) is 14.5. The van der Waals surface area contributed by atoms with Crippen LogP contribution in [-0.2, 0) is 4.79 Å². The smallest absolute Gasteiger partial charge is 0.236 e. The van der Waals surface area contributed by atoms with E-state index < -0.39 is 0 Å². The highest BCUT2D eigenvalue weighted by atomic mass is 79.9. The van der Waals surface area contributed by atoms with E-state index in [2.05, 4.69) is 40.3 Å². The fraction of sp³-hybridized carbons (Fsp3) is 0.533. The molecule has 1 aromatic rings. The van der Waals surface area contributed by atoms with Gasteiger partial charge >= 0.3 is 0 Å². The summed E-state index contributed by atoms with van der Waals surface area (Å²) in [5.41, 5.74) is 1.20. The van der Waals surface area contributed by atoms with Crippen LogP contribution in [0, 0.1) is 0 Å². The summed E-state index contributed by atoms with van der Waals surface area (Å²) in [6.45, 7) is 4.36. The lowest BCUT2D eigenvalue weighted by molar-refractivity contribution is -0.131. The summed E-state index contributed by atoms with van der Waals surface area (Å²) in [6.07, 6.45) is 3.55. The quantitative estimate of drug-likeness (QED) is 0.922. The van der Waals surface area contributed by atoms with E-state index in [1.165, 1.54) is 12.0 Å². The Morgan fingerprint density at radius 1 is 1.37 bits per heavy atom. The second kappa shape index (κ2) is 7.06. The lowest BCUT2D eigenvalue weighted by atomic mass is 10.1. The fourth-order valence-corrected chi connectivity index (χ4v) is 2.81. The molecule has 0 saturated carbocycles. The minimum absolute atomic E-state index is 0.186. The van der Waals surface area contributed by atoms with E-state index in [0.717, 1.165) is 30.4 Å². The first-order valence-electron chi connectivity index (χ1n) is 6.93. The van der Waals surface area contributed by atoms with Gasteiger partial charge in [0, 0.05) is 23.6 Å². The second-order valence-electron chi connectivity index (χ2n) is 5.10. The van der Waals surface area contributed by atoms with E-state index in [4.69, 9.17) is 0 Å². The summed E-state index contributed by atoms with van der Waals surface area (Å²) in [4.78, 5) is 14.0. The van der Waals surface area contributed by atoms with E-state index in [9.17, 15) is 4.79 Å². The van der Waals surface area contributed by atoms with Gasteiger partial charge < -0.3 is 10.2 Å². The molecule has 1 unspecified atom stereocenters. The maximum atomic E-state index is 12.1. The van der Waals surface area contributed by atoms with Crippen molar-refractivity contribution in [1.82, 2.24) is 10.2 Å². The van der Waals surface area contributed by atoms with Crippen LogP contribution in [0.4, 0.5) is 0 Å². The highest BCUT2D eigenvalue weighted by Crippen LogP contribution is 2.17. The van der Waals surface area contributed by atoms with Gasteiger partial charge in [0.2, 0.25) is 5.91 Å². The number of carbonyl (C=O) groups excluding carboxylic acids is 1. The van der Waals surface area contributed by atoms with E-state index in [1.807, 2.05) is 17.0 Å². The van der Waals surface area contributed by atoms with Crippen LogP contribution in [0.3, 0.4) is 0 Å². The van der Waals surface area contributed by atoms with Crippen molar-refractivity contribution in [3.8, 4) is 0 Å². The van der Waals surface area contributed by atoms with Crippen molar-refractivity contribution in [2.75, 3.05) is 19.6 Å². The van der Waals surface area contributed by atoms with Gasteiger partial charge in [-0.1, -0.05) is 28.1 Å². The van der Waals surface area contributed by atoms with Crippen molar-refractivity contribution in [1.29, 1.82) is 0 Å². The SMILES string of the molecule is CC(NCC(=O)N1CCCCC1)c1cccc(Br)c1. The number of rotatable bonds is 4. The Hall–Kier alpha value is -0.870. The first-order valence-corrected chi connectivity index (χ1v) is 7.73. The van der Waals surface area contributed by atoms with Gasteiger partial charge in [0.15, 0.2) is 0 Å². The molecular weight excluding hydrogens is 304 g/mol. The zero-order valence-corrected chi connectivity index (χ0v) is 12.9. The molecule has 1 N–H and O–H groups in total. The number of amides is 1. The third kappa shape index (κ3) is 4.32. The van der Waals surface area contributed by atoms with Crippen LogP contribution in [0.5, 0.6) is 0 Å².